The highest BCUT2D eigenvalue weighted by molar-refractivity contribution is 7.12. The Morgan fingerprint density at radius 1 is 1.29 bits per heavy atom. The lowest BCUT2D eigenvalue weighted by Gasteiger charge is -2.00. The first kappa shape index (κ1) is 13.6. The molecule has 0 aromatic carbocycles. The summed E-state index contributed by atoms with van der Waals surface area (Å²) in [7, 11) is 0. The fraction of sp³-hybridized carbons (Fsp3) is 0.417. The van der Waals surface area contributed by atoms with Crippen LogP contribution in [0.5, 0.6) is 0 Å². The van der Waals surface area contributed by atoms with E-state index in [0.29, 0.717) is 11.3 Å². The van der Waals surface area contributed by atoms with Gasteiger partial charge in [-0.1, -0.05) is 6.07 Å². The average molecular weight is 254 g/mol. The van der Waals surface area contributed by atoms with Gasteiger partial charge >= 0.3 is 5.97 Å². The maximum Gasteiger partial charge on any atom is 0.374 e. The fourth-order valence-electron chi connectivity index (χ4n) is 1.28. The summed E-state index contributed by atoms with van der Waals surface area (Å²) < 4.78 is 4.56. The molecule has 1 heterocycles. The van der Waals surface area contributed by atoms with Gasteiger partial charge in [0, 0.05) is 12.8 Å². The molecule has 0 atom stereocenters. The summed E-state index contributed by atoms with van der Waals surface area (Å²) in [5.74, 6) is -1.36. The maximum absolute atomic E-state index is 11.6. The van der Waals surface area contributed by atoms with Crippen LogP contribution in [-0.4, -0.2) is 24.1 Å². The smallest absolute Gasteiger partial charge is 0.374 e. The van der Waals surface area contributed by atoms with Gasteiger partial charge in [-0.25, -0.2) is 4.79 Å². The van der Waals surface area contributed by atoms with E-state index in [-0.39, 0.29) is 25.2 Å². The average Bonchev–Trinajstić information content (AvgIpc) is 2.82. The van der Waals surface area contributed by atoms with Crippen molar-refractivity contribution in [1.82, 2.24) is 0 Å². The third-order valence-electron chi connectivity index (χ3n) is 2.11. The summed E-state index contributed by atoms with van der Waals surface area (Å²) in [6, 6.07) is 3.56. The first-order valence-electron chi connectivity index (χ1n) is 5.41. The number of rotatable bonds is 7. The van der Waals surface area contributed by atoms with Gasteiger partial charge in [0.2, 0.25) is 5.78 Å². The molecule has 1 aromatic heterocycles. The van der Waals surface area contributed by atoms with Crippen molar-refractivity contribution in [3.63, 3.8) is 0 Å². The molecule has 0 aliphatic carbocycles. The van der Waals surface area contributed by atoms with E-state index in [1.807, 2.05) is 11.4 Å². The number of hydrogen-bond acceptors (Lipinski definition) is 5. The minimum atomic E-state index is -0.809. The molecule has 0 bridgehead atoms. The molecule has 0 aliphatic rings. The molecule has 0 fully saturated rings. The molecule has 1 aromatic rings. The maximum atomic E-state index is 11.6. The van der Waals surface area contributed by atoms with Crippen LogP contribution < -0.4 is 0 Å². The van der Waals surface area contributed by atoms with Crippen LogP contribution in [0.3, 0.4) is 0 Å². The van der Waals surface area contributed by atoms with Gasteiger partial charge in [-0.15, -0.1) is 11.3 Å². The van der Waals surface area contributed by atoms with Crippen LogP contribution in [0.4, 0.5) is 0 Å². The van der Waals surface area contributed by atoms with Gasteiger partial charge in [-0.3, -0.25) is 9.59 Å². The topological polar surface area (TPSA) is 60.4 Å². The van der Waals surface area contributed by atoms with Crippen molar-refractivity contribution >= 4 is 28.9 Å². The van der Waals surface area contributed by atoms with Gasteiger partial charge in [0.25, 0.3) is 0 Å². The Labute approximate surface area is 104 Å². The van der Waals surface area contributed by atoms with Crippen LogP contribution in [0.1, 0.15) is 35.9 Å². The van der Waals surface area contributed by atoms with E-state index in [1.165, 1.54) is 11.3 Å². The SMILES string of the molecule is CCOC(=O)C(=O)CCCC(=O)c1cccs1. The van der Waals surface area contributed by atoms with Gasteiger partial charge in [-0.2, -0.15) is 0 Å². The largest absolute Gasteiger partial charge is 0.460 e. The van der Waals surface area contributed by atoms with Crippen LogP contribution in [0.15, 0.2) is 17.5 Å². The number of thiophene rings is 1. The number of Topliss-reactive ketones (excluding diaryl/α,β-unsaturated/α-hetero) is 2. The van der Waals surface area contributed by atoms with Crippen LogP contribution in [0.25, 0.3) is 0 Å². The van der Waals surface area contributed by atoms with E-state index in [4.69, 9.17) is 0 Å². The molecule has 0 amide bonds. The summed E-state index contributed by atoms with van der Waals surface area (Å²) in [6.45, 7) is 1.84. The Morgan fingerprint density at radius 3 is 2.65 bits per heavy atom. The van der Waals surface area contributed by atoms with Gasteiger partial charge < -0.3 is 4.74 Å². The molecule has 1 rings (SSSR count). The Balaban J connectivity index is 2.26. The first-order valence-corrected chi connectivity index (χ1v) is 6.29. The zero-order valence-electron chi connectivity index (χ0n) is 9.60. The van der Waals surface area contributed by atoms with Crippen molar-refractivity contribution in [3.8, 4) is 0 Å². The van der Waals surface area contributed by atoms with Crippen molar-refractivity contribution in [2.45, 2.75) is 26.2 Å². The van der Waals surface area contributed by atoms with Crippen LogP contribution >= 0.6 is 11.3 Å². The number of esters is 1. The van der Waals surface area contributed by atoms with E-state index in [0.717, 1.165) is 0 Å². The molecule has 0 aliphatic heterocycles. The van der Waals surface area contributed by atoms with E-state index in [1.54, 1.807) is 13.0 Å². The van der Waals surface area contributed by atoms with Crippen LogP contribution in [-0.2, 0) is 14.3 Å². The lowest BCUT2D eigenvalue weighted by molar-refractivity contribution is -0.153. The lowest BCUT2D eigenvalue weighted by atomic mass is 10.1. The molecule has 0 saturated heterocycles. The minimum absolute atomic E-state index is 0.0108. The molecule has 0 saturated carbocycles. The standard InChI is InChI=1S/C12H14O4S/c1-2-16-12(15)10(14)6-3-5-9(13)11-7-4-8-17-11/h4,7-8H,2-3,5-6H2,1H3. The van der Waals surface area contributed by atoms with Gasteiger partial charge in [-0.05, 0) is 24.8 Å². The third-order valence-corrected chi connectivity index (χ3v) is 3.02. The second-order valence-electron chi connectivity index (χ2n) is 3.40. The second-order valence-corrected chi connectivity index (χ2v) is 4.35. The summed E-state index contributed by atoms with van der Waals surface area (Å²) in [5, 5.41) is 1.83. The molecule has 17 heavy (non-hydrogen) atoms. The number of carbonyl (C=O) groups excluding carboxylic acids is 3. The first-order chi connectivity index (χ1) is 8.15. The normalized spacial score (nSPS) is 9.94. The number of ether oxygens (including phenoxy) is 1. The molecule has 92 valence electrons. The number of ketones is 2. The predicted molar refractivity (Wildman–Crippen MR) is 64.1 cm³/mol. The Bertz CT molecular complexity index is 395. The van der Waals surface area contributed by atoms with Gasteiger partial charge in [0.15, 0.2) is 5.78 Å². The van der Waals surface area contributed by atoms with E-state index < -0.39 is 11.8 Å². The zero-order chi connectivity index (χ0) is 12.7. The van der Waals surface area contributed by atoms with Crippen molar-refractivity contribution in [2.24, 2.45) is 0 Å². The van der Waals surface area contributed by atoms with Gasteiger partial charge in [0.1, 0.15) is 0 Å². The highest BCUT2D eigenvalue weighted by Gasteiger charge is 2.15. The van der Waals surface area contributed by atoms with Gasteiger partial charge in [0.05, 0.1) is 11.5 Å². The van der Waals surface area contributed by atoms with E-state index in [9.17, 15) is 14.4 Å². The molecule has 0 radical (unpaired) electrons. The molecule has 4 nitrogen and oxygen atoms in total. The van der Waals surface area contributed by atoms with Crippen LogP contribution in [0, 0.1) is 0 Å². The molecule has 0 unspecified atom stereocenters. The van der Waals surface area contributed by atoms with E-state index in [2.05, 4.69) is 4.74 Å². The third kappa shape index (κ3) is 4.48. The zero-order valence-corrected chi connectivity index (χ0v) is 10.4. The highest BCUT2D eigenvalue weighted by Crippen LogP contribution is 2.13. The number of carbonyl (C=O) groups is 3. The van der Waals surface area contributed by atoms with Crippen molar-refractivity contribution < 1.29 is 19.1 Å². The van der Waals surface area contributed by atoms with Crippen molar-refractivity contribution in [2.75, 3.05) is 6.61 Å². The fourth-order valence-corrected chi connectivity index (χ4v) is 1.98. The van der Waals surface area contributed by atoms with Crippen molar-refractivity contribution in [1.29, 1.82) is 0 Å². The predicted octanol–water partition coefficient (Wildman–Crippen LogP) is 2.23. The molecular weight excluding hydrogens is 240 g/mol. The molecule has 0 spiro atoms. The van der Waals surface area contributed by atoms with Crippen molar-refractivity contribution in [3.05, 3.63) is 22.4 Å². The lowest BCUT2D eigenvalue weighted by Crippen LogP contribution is -2.17. The highest BCUT2D eigenvalue weighted by atomic mass is 32.1. The summed E-state index contributed by atoms with van der Waals surface area (Å²) in [4.78, 5) is 34.5. The Hall–Kier alpha value is -1.49. The number of hydrogen-bond donors (Lipinski definition) is 0. The second kappa shape index (κ2) is 6.96. The summed E-state index contributed by atoms with van der Waals surface area (Å²) in [6.07, 6.45) is 0.732. The molecule has 5 heteroatoms. The molecular formula is C12H14O4S. The Morgan fingerprint density at radius 2 is 2.06 bits per heavy atom. The summed E-state index contributed by atoms with van der Waals surface area (Å²) >= 11 is 1.38. The Kier molecular flexibility index (Phi) is 5.56. The van der Waals surface area contributed by atoms with Crippen LogP contribution in [0.2, 0.25) is 0 Å². The molecule has 0 N–H and O–H groups in total. The van der Waals surface area contributed by atoms with E-state index >= 15 is 0 Å². The monoisotopic (exact) mass is 254 g/mol. The quantitative estimate of drug-likeness (QED) is 0.425. The minimum Gasteiger partial charge on any atom is -0.460 e. The summed E-state index contributed by atoms with van der Waals surface area (Å²) in [5.41, 5.74) is 0.